The van der Waals surface area contributed by atoms with E-state index in [9.17, 15) is 13.2 Å². The van der Waals surface area contributed by atoms with Crippen LogP contribution in [0, 0.1) is 17.5 Å². The molecule has 0 aliphatic carbocycles. The predicted octanol–water partition coefficient (Wildman–Crippen LogP) is 2.51. The standard InChI is InChI=1S/C6H3F3.C3H4N2/c7-4-2-1-3-5(8)6(4)9;1-2-5-3-4-1/h1-3H;1-3H,(H,4,5). The lowest BCUT2D eigenvalue weighted by molar-refractivity contribution is 0.447. The van der Waals surface area contributed by atoms with Crippen LogP contribution in [0.5, 0.6) is 0 Å². The average Bonchev–Trinajstić information content (AvgIpc) is 2.72. The van der Waals surface area contributed by atoms with Crippen LogP contribution in [0.25, 0.3) is 0 Å². The summed E-state index contributed by atoms with van der Waals surface area (Å²) in [5.41, 5.74) is 0. The maximum Gasteiger partial charge on any atom is 0.194 e. The molecule has 0 aliphatic rings. The summed E-state index contributed by atoms with van der Waals surface area (Å²) in [7, 11) is 0. The van der Waals surface area contributed by atoms with E-state index in [2.05, 4.69) is 9.97 Å². The number of nitrogens with one attached hydrogen (secondary N) is 1. The molecule has 0 aliphatic heterocycles. The number of halogens is 3. The zero-order valence-electron chi connectivity index (χ0n) is 7.05. The summed E-state index contributed by atoms with van der Waals surface area (Å²) in [6.45, 7) is 0. The Kier molecular flexibility index (Phi) is 3.72. The van der Waals surface area contributed by atoms with E-state index in [4.69, 9.17) is 0 Å². The van der Waals surface area contributed by atoms with Gasteiger partial charge in [-0.25, -0.2) is 18.2 Å². The largest absolute Gasteiger partial charge is 0.351 e. The molecular formula is C9H7F3N2. The van der Waals surface area contributed by atoms with E-state index >= 15 is 0 Å². The fourth-order valence-electron chi connectivity index (χ4n) is 0.693. The third-order valence-corrected chi connectivity index (χ3v) is 1.31. The van der Waals surface area contributed by atoms with Crippen molar-refractivity contribution in [2.45, 2.75) is 0 Å². The number of rotatable bonds is 0. The van der Waals surface area contributed by atoms with Crippen LogP contribution in [0.1, 0.15) is 0 Å². The Morgan fingerprint density at radius 2 is 1.71 bits per heavy atom. The Morgan fingerprint density at radius 1 is 1.07 bits per heavy atom. The van der Waals surface area contributed by atoms with Crippen LogP contribution in [0.15, 0.2) is 36.9 Å². The van der Waals surface area contributed by atoms with Crippen molar-refractivity contribution in [3.05, 3.63) is 54.4 Å². The molecule has 5 heteroatoms. The monoisotopic (exact) mass is 200 g/mol. The first-order chi connectivity index (χ1) is 6.72. The van der Waals surface area contributed by atoms with Crippen molar-refractivity contribution >= 4 is 0 Å². The Balaban J connectivity index is 0.000000165. The molecule has 0 bridgehead atoms. The molecule has 2 aromatic rings. The Bertz CT molecular complexity index is 336. The van der Waals surface area contributed by atoms with Crippen LogP contribution in [0.3, 0.4) is 0 Å². The minimum Gasteiger partial charge on any atom is -0.351 e. The van der Waals surface area contributed by atoms with Crippen molar-refractivity contribution in [3.8, 4) is 0 Å². The van der Waals surface area contributed by atoms with Gasteiger partial charge in [0.2, 0.25) is 0 Å². The number of H-pyrrole nitrogens is 1. The molecule has 2 rings (SSSR count). The molecule has 0 amide bonds. The molecule has 1 aromatic heterocycles. The number of nitrogens with zero attached hydrogens (tertiary/aromatic N) is 1. The van der Waals surface area contributed by atoms with E-state index in [1.54, 1.807) is 18.7 Å². The van der Waals surface area contributed by atoms with E-state index < -0.39 is 17.5 Å². The third kappa shape index (κ3) is 2.93. The molecule has 2 nitrogen and oxygen atoms in total. The number of benzene rings is 1. The highest BCUT2D eigenvalue weighted by Crippen LogP contribution is 2.07. The van der Waals surface area contributed by atoms with Crippen LogP contribution in [-0.4, -0.2) is 9.97 Å². The van der Waals surface area contributed by atoms with Gasteiger partial charge < -0.3 is 4.98 Å². The summed E-state index contributed by atoms with van der Waals surface area (Å²) in [4.78, 5) is 6.42. The number of hydrogen-bond acceptors (Lipinski definition) is 1. The van der Waals surface area contributed by atoms with Gasteiger partial charge in [0.1, 0.15) is 0 Å². The summed E-state index contributed by atoms with van der Waals surface area (Å²) in [6.07, 6.45) is 5.08. The third-order valence-electron chi connectivity index (χ3n) is 1.31. The molecule has 0 saturated heterocycles. The van der Waals surface area contributed by atoms with Gasteiger partial charge in [0.15, 0.2) is 17.5 Å². The molecule has 0 radical (unpaired) electrons. The van der Waals surface area contributed by atoms with Crippen LogP contribution in [-0.2, 0) is 0 Å². The molecule has 0 unspecified atom stereocenters. The van der Waals surface area contributed by atoms with Gasteiger partial charge in [-0.2, -0.15) is 0 Å². The maximum atomic E-state index is 12.0. The number of aromatic nitrogens is 2. The molecule has 0 saturated carbocycles. The number of aromatic amines is 1. The number of hydrogen-bond donors (Lipinski definition) is 1. The summed E-state index contributed by atoms with van der Waals surface area (Å²) >= 11 is 0. The second-order valence-electron chi connectivity index (χ2n) is 2.30. The van der Waals surface area contributed by atoms with Crippen molar-refractivity contribution in [1.29, 1.82) is 0 Å². The molecular weight excluding hydrogens is 193 g/mol. The first-order valence-electron chi connectivity index (χ1n) is 3.74. The molecule has 14 heavy (non-hydrogen) atoms. The van der Waals surface area contributed by atoms with E-state index in [-0.39, 0.29) is 0 Å². The molecule has 0 spiro atoms. The molecule has 74 valence electrons. The normalized spacial score (nSPS) is 9.07. The van der Waals surface area contributed by atoms with Crippen LogP contribution in [0.2, 0.25) is 0 Å². The molecule has 0 atom stereocenters. The van der Waals surface area contributed by atoms with Gasteiger partial charge in [-0.15, -0.1) is 0 Å². The van der Waals surface area contributed by atoms with Crippen molar-refractivity contribution in [2.24, 2.45) is 0 Å². The van der Waals surface area contributed by atoms with Crippen LogP contribution in [0.4, 0.5) is 13.2 Å². The van der Waals surface area contributed by atoms with E-state index in [0.717, 1.165) is 18.2 Å². The average molecular weight is 200 g/mol. The second kappa shape index (κ2) is 5.06. The van der Waals surface area contributed by atoms with Gasteiger partial charge in [0.25, 0.3) is 0 Å². The summed E-state index contributed by atoms with van der Waals surface area (Å²) in [6, 6.07) is 2.82. The fraction of sp³-hybridized carbons (Fsp3) is 0. The lowest BCUT2D eigenvalue weighted by Crippen LogP contribution is -1.86. The van der Waals surface area contributed by atoms with Crippen molar-refractivity contribution in [1.82, 2.24) is 9.97 Å². The van der Waals surface area contributed by atoms with E-state index in [0.29, 0.717) is 0 Å². The first-order valence-corrected chi connectivity index (χ1v) is 3.74. The molecule has 0 fully saturated rings. The zero-order chi connectivity index (χ0) is 10.4. The van der Waals surface area contributed by atoms with Crippen molar-refractivity contribution < 1.29 is 13.2 Å². The van der Waals surface area contributed by atoms with Gasteiger partial charge in [0.05, 0.1) is 6.33 Å². The number of imidazole rings is 1. The molecule has 1 N–H and O–H groups in total. The SMILES string of the molecule is Fc1cccc(F)c1F.c1c[nH]cn1. The van der Waals surface area contributed by atoms with E-state index in [1.807, 2.05) is 0 Å². The first kappa shape index (κ1) is 10.3. The Hall–Kier alpha value is -1.78. The maximum absolute atomic E-state index is 12.0. The Labute approximate surface area is 78.4 Å². The minimum absolute atomic E-state index is 0.860. The van der Waals surface area contributed by atoms with Gasteiger partial charge >= 0.3 is 0 Å². The van der Waals surface area contributed by atoms with Crippen LogP contribution < -0.4 is 0 Å². The van der Waals surface area contributed by atoms with Gasteiger partial charge in [-0.1, -0.05) is 6.07 Å². The fourth-order valence-corrected chi connectivity index (χ4v) is 0.693. The molecule has 1 heterocycles. The summed E-state index contributed by atoms with van der Waals surface area (Å²) in [5, 5.41) is 0. The minimum atomic E-state index is -1.42. The van der Waals surface area contributed by atoms with Crippen molar-refractivity contribution in [2.75, 3.05) is 0 Å². The van der Waals surface area contributed by atoms with Crippen LogP contribution >= 0.6 is 0 Å². The predicted molar refractivity (Wildman–Crippen MR) is 44.9 cm³/mol. The smallest absolute Gasteiger partial charge is 0.194 e. The van der Waals surface area contributed by atoms with E-state index in [1.165, 1.54) is 0 Å². The lowest BCUT2D eigenvalue weighted by atomic mass is 10.3. The highest BCUT2D eigenvalue weighted by atomic mass is 19.2. The highest BCUT2D eigenvalue weighted by molar-refractivity contribution is 5.07. The zero-order valence-corrected chi connectivity index (χ0v) is 7.05. The van der Waals surface area contributed by atoms with Crippen molar-refractivity contribution in [3.63, 3.8) is 0 Å². The summed E-state index contributed by atoms with van der Waals surface area (Å²) < 4.78 is 35.9. The quantitative estimate of drug-likeness (QED) is 0.650. The van der Waals surface area contributed by atoms with Gasteiger partial charge in [-0.05, 0) is 12.1 Å². The topological polar surface area (TPSA) is 28.7 Å². The summed E-state index contributed by atoms with van der Waals surface area (Å²) in [5.74, 6) is -3.73. The second-order valence-corrected chi connectivity index (χ2v) is 2.30. The van der Waals surface area contributed by atoms with Gasteiger partial charge in [-0.3, -0.25) is 0 Å². The highest BCUT2D eigenvalue weighted by Gasteiger charge is 2.04. The lowest BCUT2D eigenvalue weighted by Gasteiger charge is -1.90. The Morgan fingerprint density at radius 3 is 2.00 bits per heavy atom. The molecule has 1 aromatic carbocycles. The van der Waals surface area contributed by atoms with Gasteiger partial charge in [0, 0.05) is 12.4 Å².